The molecule has 0 saturated heterocycles. The smallest absolute Gasteiger partial charge is 0.407 e. The molecule has 1 atom stereocenters. The van der Waals surface area contributed by atoms with Gasteiger partial charge in [-0.15, -0.1) is 0 Å². The van der Waals surface area contributed by atoms with Gasteiger partial charge in [-0.3, -0.25) is 4.79 Å². The molecule has 10 nitrogen and oxygen atoms in total. The monoisotopic (exact) mass is 613 g/mol. The first kappa shape index (κ1) is 29.1. The maximum Gasteiger partial charge on any atom is 0.407 e. The summed E-state index contributed by atoms with van der Waals surface area (Å²) in [5.41, 5.74) is 3.41. The Kier molecular flexibility index (Phi) is 8.53. The van der Waals surface area contributed by atoms with E-state index in [-0.39, 0.29) is 36.0 Å². The van der Waals surface area contributed by atoms with Crippen molar-refractivity contribution in [2.75, 3.05) is 19.5 Å². The molecule has 11 heteroatoms. The maximum atomic E-state index is 13.3. The normalized spacial score (nSPS) is 14.4. The van der Waals surface area contributed by atoms with Crippen LogP contribution in [0.5, 0.6) is 0 Å². The molecule has 2 amide bonds. The molecular weight excluding hydrogens is 582 g/mol. The topological polar surface area (TPSA) is 136 Å². The van der Waals surface area contributed by atoms with Gasteiger partial charge < -0.3 is 29.8 Å². The number of rotatable bonds is 7. The molecule has 0 aliphatic heterocycles. The molecular formula is C29H32BrN3O7. The third kappa shape index (κ3) is 6.47. The van der Waals surface area contributed by atoms with E-state index >= 15 is 0 Å². The molecule has 1 unspecified atom stereocenters. The second-order valence-corrected chi connectivity index (χ2v) is 11.5. The highest BCUT2D eigenvalue weighted by Crippen LogP contribution is 2.42. The van der Waals surface area contributed by atoms with Gasteiger partial charge in [0.1, 0.15) is 11.3 Å². The number of H-pyrrole nitrogens is 1. The van der Waals surface area contributed by atoms with Gasteiger partial charge in [-0.2, -0.15) is 0 Å². The Bertz CT molecular complexity index is 1490. The first-order valence-corrected chi connectivity index (χ1v) is 13.6. The average Bonchev–Trinajstić information content (AvgIpc) is 3.28. The van der Waals surface area contributed by atoms with Crippen molar-refractivity contribution in [3.63, 3.8) is 0 Å². The average molecular weight is 614 g/mol. The van der Waals surface area contributed by atoms with Crippen molar-refractivity contribution in [3.8, 4) is 0 Å². The molecule has 2 aromatic carbocycles. The Hall–Kier alpha value is -3.86. The molecule has 0 saturated carbocycles. The number of aromatic amines is 1. The van der Waals surface area contributed by atoms with E-state index in [9.17, 15) is 19.2 Å². The third-order valence-electron chi connectivity index (χ3n) is 6.57. The standard InChI is InChI=1S/C29H32BrN3O7/c1-29(2,3)40-28(37)31-14-15-6-9-20(19(10-15)26(35)38-4)32-22(34)12-17-8-7-16-11-18(30)13-21-23(16)24(17)25(33-21)27(36)39-5/h6,9-11,13,17,33H,7-8,12,14H2,1-5H3,(H,31,37)(H,32,34). The number of aryl methyl sites for hydroxylation is 1. The van der Waals surface area contributed by atoms with Crippen LogP contribution in [0, 0.1) is 0 Å². The largest absolute Gasteiger partial charge is 0.465 e. The fourth-order valence-electron chi connectivity index (χ4n) is 4.96. The second kappa shape index (κ2) is 11.7. The number of aromatic nitrogens is 1. The van der Waals surface area contributed by atoms with Crippen LogP contribution in [0.1, 0.15) is 77.1 Å². The summed E-state index contributed by atoms with van der Waals surface area (Å²) in [7, 11) is 2.58. The third-order valence-corrected chi connectivity index (χ3v) is 7.03. The number of carbonyl (C=O) groups is 4. The van der Waals surface area contributed by atoms with Crippen molar-refractivity contribution in [2.45, 2.75) is 58.1 Å². The molecule has 3 N–H and O–H groups in total. The zero-order valence-corrected chi connectivity index (χ0v) is 24.6. The minimum absolute atomic E-state index is 0.0923. The lowest BCUT2D eigenvalue weighted by Gasteiger charge is -2.23. The van der Waals surface area contributed by atoms with Gasteiger partial charge in [0.15, 0.2) is 0 Å². The summed E-state index contributed by atoms with van der Waals surface area (Å²) in [6.07, 6.45) is 0.907. The van der Waals surface area contributed by atoms with E-state index in [4.69, 9.17) is 14.2 Å². The molecule has 0 fully saturated rings. The predicted octanol–water partition coefficient (Wildman–Crippen LogP) is 5.59. The van der Waals surface area contributed by atoms with Gasteiger partial charge in [-0.05, 0) is 80.5 Å². The molecule has 212 valence electrons. The predicted molar refractivity (Wildman–Crippen MR) is 153 cm³/mol. The van der Waals surface area contributed by atoms with Gasteiger partial charge in [0.2, 0.25) is 5.91 Å². The van der Waals surface area contributed by atoms with Crippen LogP contribution in [-0.2, 0) is 32.0 Å². The summed E-state index contributed by atoms with van der Waals surface area (Å²) in [5.74, 6) is -1.69. The van der Waals surface area contributed by atoms with Crippen molar-refractivity contribution in [1.29, 1.82) is 0 Å². The number of ether oxygens (including phenoxy) is 3. The number of esters is 2. The van der Waals surface area contributed by atoms with E-state index in [1.54, 1.807) is 39.0 Å². The number of benzene rings is 2. The molecule has 1 aliphatic rings. The molecule has 1 aliphatic carbocycles. The molecule has 0 bridgehead atoms. The highest BCUT2D eigenvalue weighted by atomic mass is 79.9. The summed E-state index contributed by atoms with van der Waals surface area (Å²) in [6.45, 7) is 5.41. The summed E-state index contributed by atoms with van der Waals surface area (Å²) in [4.78, 5) is 53.6. The number of hydrogen-bond donors (Lipinski definition) is 3. The van der Waals surface area contributed by atoms with Crippen LogP contribution >= 0.6 is 15.9 Å². The van der Waals surface area contributed by atoms with Gasteiger partial charge in [-0.1, -0.05) is 22.0 Å². The number of hydrogen-bond acceptors (Lipinski definition) is 7. The number of amides is 2. The van der Waals surface area contributed by atoms with Crippen molar-refractivity contribution < 1.29 is 33.4 Å². The Labute approximate surface area is 240 Å². The number of carbonyl (C=O) groups excluding carboxylic acids is 4. The lowest BCUT2D eigenvalue weighted by Crippen LogP contribution is -2.32. The Morgan fingerprint density at radius 3 is 2.45 bits per heavy atom. The van der Waals surface area contributed by atoms with E-state index in [1.807, 2.05) is 12.1 Å². The zero-order chi connectivity index (χ0) is 29.2. The van der Waals surface area contributed by atoms with E-state index in [2.05, 4.69) is 31.5 Å². The van der Waals surface area contributed by atoms with Crippen molar-refractivity contribution >= 4 is 56.5 Å². The van der Waals surface area contributed by atoms with Gasteiger partial charge in [-0.25, -0.2) is 14.4 Å². The van der Waals surface area contributed by atoms with Gasteiger partial charge >= 0.3 is 18.0 Å². The molecule has 3 aromatic rings. The van der Waals surface area contributed by atoms with Crippen LogP contribution in [0.15, 0.2) is 34.8 Å². The molecule has 4 rings (SSSR count). The van der Waals surface area contributed by atoms with Crippen LogP contribution in [0.3, 0.4) is 0 Å². The number of alkyl carbamates (subject to hydrolysis) is 1. The highest BCUT2D eigenvalue weighted by Gasteiger charge is 2.32. The fourth-order valence-corrected chi connectivity index (χ4v) is 5.46. The second-order valence-electron chi connectivity index (χ2n) is 10.6. The Morgan fingerprint density at radius 2 is 1.77 bits per heavy atom. The number of nitrogens with one attached hydrogen (secondary N) is 3. The Balaban J connectivity index is 1.54. The van der Waals surface area contributed by atoms with Crippen LogP contribution < -0.4 is 10.6 Å². The van der Waals surface area contributed by atoms with E-state index in [0.29, 0.717) is 17.7 Å². The highest BCUT2D eigenvalue weighted by molar-refractivity contribution is 9.10. The van der Waals surface area contributed by atoms with E-state index in [0.717, 1.165) is 32.9 Å². The van der Waals surface area contributed by atoms with Crippen molar-refractivity contribution in [1.82, 2.24) is 10.3 Å². The fraction of sp³-hybridized carbons (Fsp3) is 0.379. The van der Waals surface area contributed by atoms with E-state index < -0.39 is 23.6 Å². The van der Waals surface area contributed by atoms with Gasteiger partial charge in [0, 0.05) is 28.3 Å². The first-order chi connectivity index (χ1) is 18.9. The molecule has 0 radical (unpaired) electrons. The molecule has 1 aromatic heterocycles. The first-order valence-electron chi connectivity index (χ1n) is 12.8. The SMILES string of the molecule is COC(=O)c1cc(CNC(=O)OC(C)(C)C)ccc1NC(=O)CC1CCc2cc(Br)cc3[nH]c(C(=O)OC)c1c23. The Morgan fingerprint density at radius 1 is 1.05 bits per heavy atom. The summed E-state index contributed by atoms with van der Waals surface area (Å²) in [5, 5.41) is 6.41. The summed E-state index contributed by atoms with van der Waals surface area (Å²) < 4.78 is 16.1. The van der Waals surface area contributed by atoms with Crippen LogP contribution in [0.2, 0.25) is 0 Å². The van der Waals surface area contributed by atoms with Gasteiger partial charge in [0.05, 0.1) is 25.5 Å². The van der Waals surface area contributed by atoms with Crippen LogP contribution in [0.4, 0.5) is 10.5 Å². The van der Waals surface area contributed by atoms with Gasteiger partial charge in [0.25, 0.3) is 0 Å². The molecule has 1 heterocycles. The van der Waals surface area contributed by atoms with E-state index in [1.165, 1.54) is 14.2 Å². The lowest BCUT2D eigenvalue weighted by molar-refractivity contribution is -0.116. The van der Waals surface area contributed by atoms with Crippen molar-refractivity contribution in [2.24, 2.45) is 0 Å². The summed E-state index contributed by atoms with van der Waals surface area (Å²) >= 11 is 3.52. The molecule has 40 heavy (non-hydrogen) atoms. The van der Waals surface area contributed by atoms with Crippen LogP contribution in [0.25, 0.3) is 10.9 Å². The maximum absolute atomic E-state index is 13.3. The minimum atomic E-state index is -0.642. The van der Waals surface area contributed by atoms with Crippen molar-refractivity contribution in [3.05, 3.63) is 62.8 Å². The number of anilines is 1. The minimum Gasteiger partial charge on any atom is -0.465 e. The molecule has 0 spiro atoms. The number of halogens is 1. The zero-order valence-electron chi connectivity index (χ0n) is 23.0. The quantitative estimate of drug-likeness (QED) is 0.233. The summed E-state index contributed by atoms with van der Waals surface area (Å²) in [6, 6.07) is 8.77. The number of methoxy groups -OCH3 is 2. The lowest BCUT2D eigenvalue weighted by atomic mass is 9.81. The van der Waals surface area contributed by atoms with Crippen LogP contribution in [-0.4, -0.2) is 48.7 Å².